The molecule has 5 nitrogen and oxygen atoms in total. The fraction of sp³-hybridized carbons (Fsp3) is 0.316. The first-order valence-corrected chi connectivity index (χ1v) is 10.6. The number of rotatable bonds is 6. The van der Waals surface area contributed by atoms with Crippen molar-refractivity contribution >= 4 is 44.8 Å². The zero-order valence-electron chi connectivity index (χ0n) is 15.3. The number of anilines is 1. The van der Waals surface area contributed by atoms with Gasteiger partial charge in [-0.3, -0.25) is 4.79 Å². The van der Waals surface area contributed by atoms with Crippen LogP contribution in [0, 0.1) is 0 Å². The van der Waals surface area contributed by atoms with Crippen molar-refractivity contribution in [2.45, 2.75) is 44.0 Å². The van der Waals surface area contributed by atoms with Crippen LogP contribution in [0.4, 0.5) is 5.69 Å². The van der Waals surface area contributed by atoms with Crippen molar-refractivity contribution < 1.29 is 13.2 Å². The third kappa shape index (κ3) is 6.50. The van der Waals surface area contributed by atoms with Crippen LogP contribution in [0.15, 0.2) is 47.4 Å². The molecule has 0 heterocycles. The number of halogens is 2. The van der Waals surface area contributed by atoms with E-state index in [9.17, 15) is 13.2 Å². The van der Waals surface area contributed by atoms with Crippen LogP contribution in [0.5, 0.6) is 0 Å². The maximum Gasteiger partial charge on any atom is 0.241 e. The van der Waals surface area contributed by atoms with Gasteiger partial charge in [-0.05, 0) is 57.0 Å². The Morgan fingerprint density at radius 3 is 2.26 bits per heavy atom. The Morgan fingerprint density at radius 2 is 1.67 bits per heavy atom. The Balaban J connectivity index is 1.97. The van der Waals surface area contributed by atoms with Crippen LogP contribution in [0.3, 0.4) is 0 Å². The second-order valence-electron chi connectivity index (χ2n) is 7.15. The third-order valence-electron chi connectivity index (χ3n) is 3.54. The Hall–Kier alpha value is -1.60. The summed E-state index contributed by atoms with van der Waals surface area (Å²) in [4.78, 5) is 12.3. The van der Waals surface area contributed by atoms with Gasteiger partial charge >= 0.3 is 0 Å². The minimum atomic E-state index is -3.57. The molecule has 1 amide bonds. The normalized spacial score (nSPS) is 12.0. The summed E-state index contributed by atoms with van der Waals surface area (Å²) in [5.41, 5.74) is 0.762. The van der Waals surface area contributed by atoms with Crippen molar-refractivity contribution in [3.8, 4) is 0 Å². The van der Waals surface area contributed by atoms with Crippen LogP contribution >= 0.6 is 23.2 Å². The maximum absolute atomic E-state index is 12.3. The highest BCUT2D eigenvalue weighted by molar-refractivity contribution is 7.89. The molecule has 146 valence electrons. The van der Waals surface area contributed by atoms with Gasteiger partial charge in [-0.2, -0.15) is 0 Å². The lowest BCUT2D eigenvalue weighted by atomic mass is 10.1. The van der Waals surface area contributed by atoms with Crippen LogP contribution in [0.1, 0.15) is 32.8 Å². The zero-order chi connectivity index (χ0) is 20.2. The van der Waals surface area contributed by atoms with Gasteiger partial charge in [-0.15, -0.1) is 0 Å². The lowest BCUT2D eigenvalue weighted by molar-refractivity contribution is -0.116. The second-order valence-corrected chi connectivity index (χ2v) is 9.62. The number of sulfonamides is 1. The van der Waals surface area contributed by atoms with Crippen molar-refractivity contribution in [1.82, 2.24) is 4.72 Å². The van der Waals surface area contributed by atoms with Gasteiger partial charge in [0.15, 0.2) is 0 Å². The molecule has 0 atom stereocenters. The minimum Gasteiger partial charge on any atom is -0.325 e. The number of hydrogen-bond acceptors (Lipinski definition) is 3. The van der Waals surface area contributed by atoms with E-state index in [0.29, 0.717) is 22.2 Å². The van der Waals surface area contributed by atoms with Gasteiger partial charge in [0.1, 0.15) is 0 Å². The fourth-order valence-electron chi connectivity index (χ4n) is 2.37. The van der Waals surface area contributed by atoms with Gasteiger partial charge in [0.2, 0.25) is 15.9 Å². The minimum absolute atomic E-state index is 0.191. The molecule has 2 aromatic rings. The van der Waals surface area contributed by atoms with Gasteiger partial charge in [0.05, 0.1) is 20.6 Å². The van der Waals surface area contributed by atoms with E-state index in [2.05, 4.69) is 10.0 Å². The maximum atomic E-state index is 12.3. The topological polar surface area (TPSA) is 75.3 Å². The summed E-state index contributed by atoms with van der Waals surface area (Å²) in [6.07, 6.45) is 0.701. The Morgan fingerprint density at radius 1 is 1.04 bits per heavy atom. The smallest absolute Gasteiger partial charge is 0.241 e. The van der Waals surface area contributed by atoms with E-state index in [1.54, 1.807) is 51.1 Å². The van der Waals surface area contributed by atoms with Gasteiger partial charge in [-0.25, -0.2) is 13.1 Å². The van der Waals surface area contributed by atoms with Crippen molar-refractivity contribution in [2.75, 3.05) is 5.32 Å². The molecule has 0 aliphatic carbocycles. The van der Waals surface area contributed by atoms with E-state index in [1.165, 1.54) is 12.1 Å². The molecule has 0 aliphatic rings. The highest BCUT2D eigenvalue weighted by Crippen LogP contribution is 2.29. The molecular formula is C19H22Cl2N2O3S. The number of hydrogen-bond donors (Lipinski definition) is 2. The molecule has 27 heavy (non-hydrogen) atoms. The lowest BCUT2D eigenvalue weighted by Crippen LogP contribution is -2.40. The van der Waals surface area contributed by atoms with Gasteiger partial charge in [-0.1, -0.05) is 41.4 Å². The molecule has 8 heteroatoms. The van der Waals surface area contributed by atoms with Gasteiger partial charge < -0.3 is 5.32 Å². The van der Waals surface area contributed by atoms with Gasteiger partial charge in [0.25, 0.3) is 0 Å². The highest BCUT2D eigenvalue weighted by Gasteiger charge is 2.21. The summed E-state index contributed by atoms with van der Waals surface area (Å²) in [5, 5.41) is 3.39. The predicted molar refractivity (Wildman–Crippen MR) is 110 cm³/mol. The van der Waals surface area contributed by atoms with E-state index in [-0.39, 0.29) is 17.2 Å². The van der Waals surface area contributed by atoms with Crippen LogP contribution in [-0.4, -0.2) is 19.9 Å². The van der Waals surface area contributed by atoms with Crippen LogP contribution in [-0.2, 0) is 21.2 Å². The molecule has 0 saturated heterocycles. The van der Waals surface area contributed by atoms with Crippen LogP contribution in [0.25, 0.3) is 0 Å². The molecule has 2 N–H and O–H groups in total. The molecular weight excluding hydrogens is 407 g/mol. The van der Waals surface area contributed by atoms with Crippen LogP contribution < -0.4 is 10.0 Å². The molecule has 0 unspecified atom stereocenters. The summed E-state index contributed by atoms with van der Waals surface area (Å²) < 4.78 is 27.2. The monoisotopic (exact) mass is 428 g/mol. The van der Waals surface area contributed by atoms with E-state index in [0.717, 1.165) is 5.56 Å². The summed E-state index contributed by atoms with van der Waals surface area (Å²) in [7, 11) is -3.57. The second kappa shape index (κ2) is 8.61. The number of nitrogens with one attached hydrogen (secondary N) is 2. The average molecular weight is 429 g/mol. The summed E-state index contributed by atoms with van der Waals surface area (Å²) in [5.74, 6) is -0.203. The Kier molecular flexibility index (Phi) is 6.92. The molecule has 0 saturated carbocycles. The number of amides is 1. The number of aryl methyl sites for hydroxylation is 1. The first kappa shape index (κ1) is 21.7. The van der Waals surface area contributed by atoms with Gasteiger partial charge in [0, 0.05) is 12.0 Å². The van der Waals surface area contributed by atoms with E-state index in [1.807, 2.05) is 0 Å². The van der Waals surface area contributed by atoms with Crippen molar-refractivity contribution in [3.05, 3.63) is 58.1 Å². The average Bonchev–Trinajstić information content (AvgIpc) is 2.55. The molecule has 0 radical (unpaired) electrons. The number of carbonyl (C=O) groups excluding carboxylic acids is 1. The van der Waals surface area contributed by atoms with E-state index >= 15 is 0 Å². The van der Waals surface area contributed by atoms with Crippen molar-refractivity contribution in [3.63, 3.8) is 0 Å². The number of benzene rings is 2. The lowest BCUT2D eigenvalue weighted by Gasteiger charge is -2.20. The molecule has 0 aliphatic heterocycles. The van der Waals surface area contributed by atoms with Crippen molar-refractivity contribution in [2.24, 2.45) is 0 Å². The summed E-state index contributed by atoms with van der Waals surface area (Å²) in [6, 6.07) is 11.5. The first-order valence-electron chi connectivity index (χ1n) is 8.35. The number of carbonyl (C=O) groups is 1. The quantitative estimate of drug-likeness (QED) is 0.703. The highest BCUT2D eigenvalue weighted by atomic mass is 35.5. The Labute approximate surface area is 170 Å². The molecule has 2 rings (SSSR count). The van der Waals surface area contributed by atoms with E-state index in [4.69, 9.17) is 23.2 Å². The van der Waals surface area contributed by atoms with Crippen molar-refractivity contribution in [1.29, 1.82) is 0 Å². The largest absolute Gasteiger partial charge is 0.325 e. The third-order valence-corrected chi connectivity index (χ3v) is 6.13. The van der Waals surface area contributed by atoms with E-state index < -0.39 is 15.6 Å². The molecule has 0 bridgehead atoms. The zero-order valence-corrected chi connectivity index (χ0v) is 17.7. The molecule has 0 spiro atoms. The summed E-state index contributed by atoms with van der Waals surface area (Å²) in [6.45, 7) is 5.34. The molecule has 2 aromatic carbocycles. The molecule has 0 aromatic heterocycles. The molecule has 0 fully saturated rings. The fourth-order valence-corrected chi connectivity index (χ4v) is 4.13. The summed E-state index contributed by atoms with van der Waals surface area (Å²) >= 11 is 12.0. The first-order chi connectivity index (χ1) is 12.5. The Bertz CT molecular complexity index is 921. The van der Waals surface area contributed by atoms with Crippen LogP contribution in [0.2, 0.25) is 10.0 Å². The predicted octanol–water partition coefficient (Wildman–Crippen LogP) is 4.64. The SMILES string of the molecule is CC(C)(C)NS(=O)(=O)c1ccc(CCC(=O)Nc2cccc(Cl)c2Cl)cc1. The standard InChI is InChI=1S/C19H22Cl2N2O3S/c1-19(2,3)23-27(25,26)14-10-7-13(8-11-14)9-12-17(24)22-16-6-4-5-15(20)18(16)21/h4-8,10-11,23H,9,12H2,1-3H3,(H,22,24).